The Hall–Kier alpha value is -2.38. The Bertz CT molecular complexity index is 683. The first kappa shape index (κ1) is 19.4. The molecule has 1 atom stereocenters. The molecular weight excluding hydrogens is 344 g/mol. The van der Waals surface area contributed by atoms with Crippen molar-refractivity contribution in [3.05, 3.63) is 54.2 Å². The molecule has 27 heavy (non-hydrogen) atoms. The van der Waals surface area contributed by atoms with E-state index >= 15 is 0 Å². The quantitative estimate of drug-likeness (QED) is 0.809. The van der Waals surface area contributed by atoms with Crippen molar-refractivity contribution in [2.24, 2.45) is 0 Å². The molecule has 0 aromatic carbocycles. The SMILES string of the molecule is CN(C)[C@@H](CNC(=O)N1CCC(OCc2ccccn2)CC1)c1ccco1. The Morgan fingerprint density at radius 3 is 2.78 bits per heavy atom. The second-order valence-electron chi connectivity index (χ2n) is 7.00. The lowest BCUT2D eigenvalue weighted by Crippen LogP contribution is -2.47. The number of carbonyl (C=O) groups excluding carboxylic acids is 1. The van der Waals surface area contributed by atoms with E-state index in [4.69, 9.17) is 9.15 Å². The van der Waals surface area contributed by atoms with Crippen molar-refractivity contribution >= 4 is 6.03 Å². The molecule has 0 saturated carbocycles. The van der Waals surface area contributed by atoms with E-state index in [0.717, 1.165) is 24.3 Å². The monoisotopic (exact) mass is 372 g/mol. The molecule has 1 fully saturated rings. The summed E-state index contributed by atoms with van der Waals surface area (Å²) < 4.78 is 11.4. The molecule has 1 N–H and O–H groups in total. The summed E-state index contributed by atoms with van der Waals surface area (Å²) in [4.78, 5) is 20.7. The molecule has 2 aromatic heterocycles. The fourth-order valence-electron chi connectivity index (χ4n) is 3.23. The minimum absolute atomic E-state index is 0.0168. The average molecular weight is 372 g/mol. The third kappa shape index (κ3) is 5.55. The Kier molecular flexibility index (Phi) is 6.84. The van der Waals surface area contributed by atoms with Crippen LogP contribution >= 0.6 is 0 Å². The van der Waals surface area contributed by atoms with Crippen LogP contribution in [0.25, 0.3) is 0 Å². The first-order valence-electron chi connectivity index (χ1n) is 9.37. The number of hydrogen-bond acceptors (Lipinski definition) is 5. The highest BCUT2D eigenvalue weighted by Crippen LogP contribution is 2.19. The van der Waals surface area contributed by atoms with Crippen LogP contribution in [0.15, 0.2) is 47.2 Å². The number of amides is 2. The van der Waals surface area contributed by atoms with Crippen LogP contribution in [-0.4, -0.2) is 60.6 Å². The Balaban J connectivity index is 1.40. The third-order valence-corrected chi connectivity index (χ3v) is 4.86. The number of likely N-dealkylation sites (N-methyl/N-ethyl adjacent to an activating group) is 1. The summed E-state index contributed by atoms with van der Waals surface area (Å²) in [5.74, 6) is 0.849. The van der Waals surface area contributed by atoms with Gasteiger partial charge in [-0.15, -0.1) is 0 Å². The molecule has 0 spiro atoms. The maximum absolute atomic E-state index is 12.5. The number of likely N-dealkylation sites (tertiary alicyclic amines) is 1. The van der Waals surface area contributed by atoms with Gasteiger partial charge >= 0.3 is 6.03 Å². The predicted molar refractivity (Wildman–Crippen MR) is 102 cm³/mol. The number of urea groups is 1. The number of hydrogen-bond donors (Lipinski definition) is 1. The molecule has 3 rings (SSSR count). The van der Waals surface area contributed by atoms with Crippen LogP contribution in [0.1, 0.15) is 30.3 Å². The van der Waals surface area contributed by atoms with Crippen LogP contribution < -0.4 is 5.32 Å². The minimum atomic E-state index is -0.0309. The van der Waals surface area contributed by atoms with E-state index in [0.29, 0.717) is 26.2 Å². The highest BCUT2D eigenvalue weighted by molar-refractivity contribution is 5.74. The fraction of sp³-hybridized carbons (Fsp3) is 0.500. The van der Waals surface area contributed by atoms with Gasteiger partial charge in [-0.3, -0.25) is 9.88 Å². The number of carbonyl (C=O) groups is 1. The summed E-state index contributed by atoms with van der Waals surface area (Å²) in [7, 11) is 3.95. The van der Waals surface area contributed by atoms with Gasteiger partial charge in [-0.1, -0.05) is 6.07 Å². The maximum atomic E-state index is 12.5. The number of pyridine rings is 1. The van der Waals surface area contributed by atoms with Gasteiger partial charge in [0.25, 0.3) is 0 Å². The summed E-state index contributed by atoms with van der Waals surface area (Å²) in [6, 6.07) is 9.60. The number of rotatable bonds is 7. The lowest BCUT2D eigenvalue weighted by molar-refractivity contribution is 0.00298. The molecule has 0 unspecified atom stereocenters. The molecule has 1 saturated heterocycles. The molecule has 2 aromatic rings. The molecule has 3 heterocycles. The summed E-state index contributed by atoms with van der Waals surface area (Å²) in [5, 5.41) is 3.03. The number of piperidine rings is 1. The molecule has 7 heteroatoms. The van der Waals surface area contributed by atoms with Crippen LogP contribution in [0, 0.1) is 0 Å². The second-order valence-corrected chi connectivity index (χ2v) is 7.00. The number of nitrogens with one attached hydrogen (secondary N) is 1. The van der Waals surface area contributed by atoms with Crippen LogP contribution in [0.3, 0.4) is 0 Å². The highest BCUT2D eigenvalue weighted by atomic mass is 16.5. The largest absolute Gasteiger partial charge is 0.468 e. The van der Waals surface area contributed by atoms with Gasteiger partial charge in [-0.05, 0) is 51.2 Å². The molecule has 146 valence electrons. The number of aromatic nitrogens is 1. The molecule has 1 aliphatic rings. The van der Waals surface area contributed by atoms with E-state index in [1.165, 1.54) is 0 Å². The Morgan fingerprint density at radius 2 is 2.15 bits per heavy atom. The Labute approximate surface area is 160 Å². The molecule has 7 nitrogen and oxygen atoms in total. The van der Waals surface area contributed by atoms with E-state index in [1.807, 2.05) is 54.2 Å². The molecule has 0 bridgehead atoms. The first-order chi connectivity index (χ1) is 13.1. The maximum Gasteiger partial charge on any atom is 0.317 e. The molecule has 1 aliphatic heterocycles. The molecule has 2 amide bonds. The van der Waals surface area contributed by atoms with Gasteiger partial charge in [0.2, 0.25) is 0 Å². The van der Waals surface area contributed by atoms with E-state index in [2.05, 4.69) is 10.3 Å². The molecular formula is C20H28N4O3. The Morgan fingerprint density at radius 1 is 1.33 bits per heavy atom. The van der Waals surface area contributed by atoms with Gasteiger partial charge in [0, 0.05) is 25.8 Å². The van der Waals surface area contributed by atoms with E-state index < -0.39 is 0 Å². The molecule has 0 radical (unpaired) electrons. The zero-order chi connectivity index (χ0) is 19.1. The first-order valence-corrected chi connectivity index (χ1v) is 9.37. The molecule has 0 aliphatic carbocycles. The zero-order valence-electron chi connectivity index (χ0n) is 16.0. The summed E-state index contributed by atoms with van der Waals surface area (Å²) >= 11 is 0. The lowest BCUT2D eigenvalue weighted by atomic mass is 10.1. The van der Waals surface area contributed by atoms with Crippen LogP contribution in [0.4, 0.5) is 4.79 Å². The van der Waals surface area contributed by atoms with Crippen molar-refractivity contribution in [1.29, 1.82) is 0 Å². The van der Waals surface area contributed by atoms with Crippen molar-refractivity contribution in [3.8, 4) is 0 Å². The smallest absolute Gasteiger partial charge is 0.317 e. The number of furan rings is 1. The van der Waals surface area contributed by atoms with Gasteiger partial charge in [-0.2, -0.15) is 0 Å². The van der Waals surface area contributed by atoms with Gasteiger partial charge < -0.3 is 19.4 Å². The van der Waals surface area contributed by atoms with E-state index in [-0.39, 0.29) is 18.2 Å². The van der Waals surface area contributed by atoms with Crippen molar-refractivity contribution in [1.82, 2.24) is 20.1 Å². The third-order valence-electron chi connectivity index (χ3n) is 4.86. The van der Waals surface area contributed by atoms with Crippen LogP contribution in [0.5, 0.6) is 0 Å². The lowest BCUT2D eigenvalue weighted by Gasteiger charge is -2.32. The highest BCUT2D eigenvalue weighted by Gasteiger charge is 2.25. The zero-order valence-corrected chi connectivity index (χ0v) is 16.0. The second kappa shape index (κ2) is 9.53. The summed E-state index contributed by atoms with van der Waals surface area (Å²) in [6.07, 6.45) is 5.29. The topological polar surface area (TPSA) is 70.8 Å². The minimum Gasteiger partial charge on any atom is -0.468 e. The van der Waals surface area contributed by atoms with Crippen molar-refractivity contribution in [2.75, 3.05) is 33.7 Å². The van der Waals surface area contributed by atoms with Gasteiger partial charge in [0.05, 0.1) is 30.7 Å². The van der Waals surface area contributed by atoms with Crippen LogP contribution in [-0.2, 0) is 11.3 Å². The van der Waals surface area contributed by atoms with Gasteiger partial charge in [0.1, 0.15) is 5.76 Å². The van der Waals surface area contributed by atoms with E-state index in [1.54, 1.807) is 12.5 Å². The van der Waals surface area contributed by atoms with Crippen molar-refractivity contribution in [3.63, 3.8) is 0 Å². The number of ether oxygens (including phenoxy) is 1. The van der Waals surface area contributed by atoms with Crippen molar-refractivity contribution in [2.45, 2.75) is 31.6 Å². The standard InChI is InChI=1S/C20H28N4O3/c1-23(2)18(19-7-5-13-26-19)14-22-20(25)24-11-8-17(9-12-24)27-15-16-6-3-4-10-21-16/h3-7,10,13,17-18H,8-9,11-12,14-15H2,1-2H3,(H,22,25)/t18-/m0/s1. The summed E-state index contributed by atoms with van der Waals surface area (Å²) in [5.41, 5.74) is 0.935. The van der Waals surface area contributed by atoms with Gasteiger partial charge in [-0.25, -0.2) is 4.79 Å². The fourth-order valence-corrected chi connectivity index (χ4v) is 3.23. The average Bonchev–Trinajstić information content (AvgIpc) is 3.22. The number of nitrogens with zero attached hydrogens (tertiary/aromatic N) is 3. The van der Waals surface area contributed by atoms with Crippen LogP contribution in [0.2, 0.25) is 0 Å². The van der Waals surface area contributed by atoms with Crippen molar-refractivity contribution < 1.29 is 13.9 Å². The normalized spacial score (nSPS) is 16.5. The van der Waals surface area contributed by atoms with E-state index in [9.17, 15) is 4.79 Å². The predicted octanol–water partition coefficient (Wildman–Crippen LogP) is 2.67. The summed E-state index contributed by atoms with van der Waals surface area (Å²) in [6.45, 7) is 2.43. The van der Waals surface area contributed by atoms with Gasteiger partial charge in [0.15, 0.2) is 0 Å².